The number of carbonyl (C=O) groups is 1. The minimum atomic E-state index is -1.49. The van der Waals surface area contributed by atoms with Crippen molar-refractivity contribution in [2.24, 2.45) is 0 Å². The molecule has 3 rings (SSSR count). The minimum absolute atomic E-state index is 0.119. The number of aromatic carboxylic acids is 1. The highest BCUT2D eigenvalue weighted by atomic mass is 35.5. The van der Waals surface area contributed by atoms with Crippen LogP contribution >= 0.6 is 22.9 Å². The smallest absolute Gasteiger partial charge is 0.346 e. The maximum Gasteiger partial charge on any atom is 0.346 e. The summed E-state index contributed by atoms with van der Waals surface area (Å²) < 4.78 is 46.9. The summed E-state index contributed by atoms with van der Waals surface area (Å²) in [5.41, 5.74) is -0.494. The second-order valence-corrected chi connectivity index (χ2v) is 6.17. The molecule has 0 aliphatic carbocycles. The topological polar surface area (TPSA) is 59.4 Å². The Morgan fingerprint density at radius 2 is 2.00 bits per heavy atom. The number of pyridine rings is 1. The van der Waals surface area contributed by atoms with Gasteiger partial charge in [-0.15, -0.1) is 11.3 Å². The van der Waals surface area contributed by atoms with Crippen molar-refractivity contribution in [2.45, 2.75) is 0 Å². The molecule has 0 aliphatic rings. The molecule has 1 N–H and O–H groups in total. The summed E-state index contributed by atoms with van der Waals surface area (Å²) in [5, 5.41) is 9.63. The zero-order valence-electron chi connectivity index (χ0n) is 11.9. The van der Waals surface area contributed by atoms with Crippen LogP contribution in [0.2, 0.25) is 5.02 Å². The van der Waals surface area contributed by atoms with Crippen LogP contribution < -0.4 is 4.74 Å². The highest BCUT2D eigenvalue weighted by molar-refractivity contribution is 7.21. The maximum atomic E-state index is 14.6. The number of rotatable bonds is 3. The predicted octanol–water partition coefficient (Wildman–Crippen LogP) is 4.74. The average molecular weight is 374 g/mol. The van der Waals surface area contributed by atoms with Gasteiger partial charge in [0.1, 0.15) is 4.88 Å². The molecular weight excluding hydrogens is 367 g/mol. The average Bonchev–Trinajstić information content (AvgIpc) is 2.90. The molecule has 0 saturated carbocycles. The maximum absolute atomic E-state index is 14.6. The van der Waals surface area contributed by atoms with Gasteiger partial charge in [-0.3, -0.25) is 4.98 Å². The SMILES string of the molecule is COc1c(F)c(F)cc(-c2c(C(=O)O)sc3cc(Cl)cnc23)c1F. The van der Waals surface area contributed by atoms with E-state index in [0.29, 0.717) is 10.8 Å². The number of ether oxygens (including phenoxy) is 1. The molecule has 0 aliphatic heterocycles. The first kappa shape index (κ1) is 16.5. The quantitative estimate of drug-likeness (QED) is 0.674. The van der Waals surface area contributed by atoms with Crippen molar-refractivity contribution in [3.05, 3.63) is 45.7 Å². The second kappa shape index (κ2) is 5.95. The minimum Gasteiger partial charge on any atom is -0.491 e. The van der Waals surface area contributed by atoms with Gasteiger partial charge in [0.05, 0.1) is 22.3 Å². The highest BCUT2D eigenvalue weighted by Crippen LogP contribution is 2.42. The molecule has 4 nitrogen and oxygen atoms in total. The van der Waals surface area contributed by atoms with Crippen LogP contribution in [0.3, 0.4) is 0 Å². The fraction of sp³-hybridized carbons (Fsp3) is 0.0667. The van der Waals surface area contributed by atoms with Crippen molar-refractivity contribution in [3.8, 4) is 16.9 Å². The Morgan fingerprint density at radius 1 is 1.29 bits per heavy atom. The van der Waals surface area contributed by atoms with Gasteiger partial charge in [0, 0.05) is 17.3 Å². The van der Waals surface area contributed by atoms with Crippen molar-refractivity contribution in [3.63, 3.8) is 0 Å². The van der Waals surface area contributed by atoms with Crippen molar-refractivity contribution in [1.29, 1.82) is 0 Å². The molecule has 0 amide bonds. The lowest BCUT2D eigenvalue weighted by molar-refractivity contribution is 0.0703. The molecule has 1 aromatic carbocycles. The number of nitrogens with zero attached hydrogens (tertiary/aromatic N) is 1. The molecular formula is C15H7ClF3NO3S. The van der Waals surface area contributed by atoms with E-state index in [2.05, 4.69) is 9.72 Å². The summed E-state index contributed by atoms with van der Waals surface area (Å²) >= 11 is 6.63. The fourth-order valence-electron chi connectivity index (χ4n) is 2.30. The van der Waals surface area contributed by atoms with E-state index in [-0.39, 0.29) is 21.0 Å². The van der Waals surface area contributed by atoms with Gasteiger partial charge in [0.25, 0.3) is 0 Å². The lowest BCUT2D eigenvalue weighted by atomic mass is 10.0. The molecule has 0 bridgehead atoms. The van der Waals surface area contributed by atoms with Crippen LogP contribution in [0.1, 0.15) is 9.67 Å². The van der Waals surface area contributed by atoms with E-state index in [1.54, 1.807) is 0 Å². The molecule has 0 radical (unpaired) electrons. The third-order valence-corrected chi connectivity index (χ3v) is 4.60. The Morgan fingerprint density at radius 3 is 2.62 bits per heavy atom. The number of aromatic nitrogens is 1. The Kier molecular flexibility index (Phi) is 4.10. The number of carboxylic acids is 1. The Balaban J connectivity index is 2.44. The molecule has 0 saturated heterocycles. The van der Waals surface area contributed by atoms with E-state index in [1.165, 1.54) is 12.3 Å². The first-order valence-electron chi connectivity index (χ1n) is 6.38. The number of benzene rings is 1. The van der Waals surface area contributed by atoms with E-state index in [4.69, 9.17) is 11.6 Å². The Hall–Kier alpha value is -2.32. The van der Waals surface area contributed by atoms with E-state index in [1.807, 2.05) is 0 Å². The van der Waals surface area contributed by atoms with Gasteiger partial charge >= 0.3 is 5.97 Å². The number of fused-ring (bicyclic) bond motifs is 1. The first-order valence-corrected chi connectivity index (χ1v) is 7.57. The van der Waals surface area contributed by atoms with Crippen molar-refractivity contribution < 1.29 is 27.8 Å². The Labute approximate surface area is 142 Å². The van der Waals surface area contributed by atoms with Gasteiger partial charge in [-0.1, -0.05) is 11.6 Å². The van der Waals surface area contributed by atoms with Gasteiger partial charge in [0.2, 0.25) is 5.82 Å². The van der Waals surface area contributed by atoms with Crippen molar-refractivity contribution >= 4 is 39.1 Å². The molecule has 9 heteroatoms. The summed E-state index contributed by atoms with van der Waals surface area (Å²) in [5.74, 6) is -6.36. The number of halogens is 4. The van der Waals surface area contributed by atoms with Gasteiger partial charge < -0.3 is 9.84 Å². The van der Waals surface area contributed by atoms with E-state index < -0.39 is 34.7 Å². The Bertz CT molecular complexity index is 990. The first-order chi connectivity index (χ1) is 11.3. The second-order valence-electron chi connectivity index (χ2n) is 4.68. The van der Waals surface area contributed by atoms with Crippen LogP contribution in [0.15, 0.2) is 18.3 Å². The zero-order valence-corrected chi connectivity index (χ0v) is 13.4. The molecule has 0 unspecified atom stereocenters. The van der Waals surface area contributed by atoms with Crippen LogP contribution in [-0.4, -0.2) is 23.2 Å². The summed E-state index contributed by atoms with van der Waals surface area (Å²) in [6, 6.07) is 2.04. The summed E-state index contributed by atoms with van der Waals surface area (Å²) in [7, 11) is 0.979. The third kappa shape index (κ3) is 2.47. The number of hydrogen-bond donors (Lipinski definition) is 1. The van der Waals surface area contributed by atoms with E-state index in [9.17, 15) is 23.1 Å². The molecule has 0 atom stereocenters. The molecule has 124 valence electrons. The lowest BCUT2D eigenvalue weighted by Gasteiger charge is -2.10. The van der Waals surface area contributed by atoms with Crippen LogP contribution in [0.5, 0.6) is 5.75 Å². The van der Waals surface area contributed by atoms with Crippen LogP contribution in [0, 0.1) is 17.5 Å². The van der Waals surface area contributed by atoms with Crippen LogP contribution in [-0.2, 0) is 0 Å². The van der Waals surface area contributed by atoms with Crippen molar-refractivity contribution in [2.75, 3.05) is 7.11 Å². The number of methoxy groups -OCH3 is 1. The highest BCUT2D eigenvalue weighted by Gasteiger charge is 2.27. The summed E-state index contributed by atoms with van der Waals surface area (Å²) in [4.78, 5) is 15.2. The summed E-state index contributed by atoms with van der Waals surface area (Å²) in [6.45, 7) is 0. The van der Waals surface area contributed by atoms with E-state index in [0.717, 1.165) is 18.4 Å². The van der Waals surface area contributed by atoms with Gasteiger partial charge in [-0.25, -0.2) is 13.6 Å². The molecule has 3 aromatic rings. The van der Waals surface area contributed by atoms with Gasteiger partial charge in [-0.05, 0) is 12.1 Å². The van der Waals surface area contributed by atoms with Crippen molar-refractivity contribution in [1.82, 2.24) is 4.98 Å². The molecule has 0 fully saturated rings. The van der Waals surface area contributed by atoms with E-state index >= 15 is 0 Å². The summed E-state index contributed by atoms with van der Waals surface area (Å²) in [6.07, 6.45) is 1.25. The standard InChI is InChI=1S/C15H7ClF3NO3S/c1-23-13-10(18)6(3-7(17)11(13)19)9-12-8(2-5(16)4-20-12)24-14(9)15(21)22/h2-4H,1H3,(H,21,22). The normalized spacial score (nSPS) is 11.0. The van der Waals surface area contributed by atoms with Gasteiger partial charge in [0.15, 0.2) is 17.4 Å². The molecule has 2 aromatic heterocycles. The monoisotopic (exact) mass is 373 g/mol. The number of hydrogen-bond acceptors (Lipinski definition) is 4. The van der Waals surface area contributed by atoms with Gasteiger partial charge in [-0.2, -0.15) is 4.39 Å². The molecule has 0 spiro atoms. The molecule has 24 heavy (non-hydrogen) atoms. The third-order valence-electron chi connectivity index (χ3n) is 3.28. The largest absolute Gasteiger partial charge is 0.491 e. The van der Waals surface area contributed by atoms with Crippen LogP contribution in [0.25, 0.3) is 21.3 Å². The molecule has 2 heterocycles. The van der Waals surface area contributed by atoms with Crippen LogP contribution in [0.4, 0.5) is 13.2 Å². The lowest BCUT2D eigenvalue weighted by Crippen LogP contribution is -2.02. The predicted molar refractivity (Wildman–Crippen MR) is 83.5 cm³/mol. The zero-order chi connectivity index (χ0) is 17.6. The number of carboxylic acid groups (broad SMARTS) is 1. The fourth-order valence-corrected chi connectivity index (χ4v) is 3.57. The number of thiophene rings is 1.